The molecule has 7 nitrogen and oxygen atoms in total. The molecule has 2 fully saturated rings. The molecule has 31 heavy (non-hydrogen) atoms. The number of carbonyl (C=O) groups excluding carboxylic acids is 3. The largest absolute Gasteiger partial charge is 0.416 e. The van der Waals surface area contributed by atoms with Crippen molar-refractivity contribution in [1.82, 2.24) is 15.1 Å². The minimum absolute atomic E-state index is 0.00376. The predicted octanol–water partition coefficient (Wildman–Crippen LogP) is 2.12. The van der Waals surface area contributed by atoms with E-state index in [1.54, 1.807) is 9.80 Å². The van der Waals surface area contributed by atoms with Gasteiger partial charge in [0, 0.05) is 45.4 Å². The third-order valence-corrected chi connectivity index (χ3v) is 5.46. The first-order valence-corrected chi connectivity index (χ1v) is 10.3. The smallest absolute Gasteiger partial charge is 0.378 e. The average Bonchev–Trinajstić information content (AvgIpc) is 3.16. The maximum Gasteiger partial charge on any atom is 0.416 e. The average molecular weight is 441 g/mol. The Bertz CT molecular complexity index is 809. The van der Waals surface area contributed by atoms with Gasteiger partial charge in [-0.05, 0) is 24.1 Å². The molecule has 3 rings (SSSR count). The maximum atomic E-state index is 13.1. The lowest BCUT2D eigenvalue weighted by atomic mass is 10.0. The summed E-state index contributed by atoms with van der Waals surface area (Å²) in [7, 11) is 0. The Morgan fingerprint density at radius 2 is 1.87 bits per heavy atom. The Morgan fingerprint density at radius 1 is 1.13 bits per heavy atom. The minimum atomic E-state index is -4.52. The Balaban J connectivity index is 1.67. The van der Waals surface area contributed by atoms with Gasteiger partial charge < -0.3 is 19.9 Å². The summed E-state index contributed by atoms with van der Waals surface area (Å²) in [6, 6.07) is 3.94. The zero-order valence-electron chi connectivity index (χ0n) is 17.1. The van der Waals surface area contributed by atoms with Crippen LogP contribution in [-0.2, 0) is 25.3 Å². The first-order chi connectivity index (χ1) is 14.7. The van der Waals surface area contributed by atoms with Crippen LogP contribution in [0.25, 0.3) is 0 Å². The van der Waals surface area contributed by atoms with Gasteiger partial charge in [-0.2, -0.15) is 13.2 Å². The lowest BCUT2D eigenvalue weighted by Gasteiger charge is -2.27. The minimum Gasteiger partial charge on any atom is -0.378 e. The second kappa shape index (κ2) is 10.1. The molecule has 0 aliphatic carbocycles. The molecule has 2 aliphatic heterocycles. The molecular formula is C21H26F3N3O4. The Labute approximate surface area is 178 Å². The van der Waals surface area contributed by atoms with Crippen LogP contribution in [0.3, 0.4) is 0 Å². The number of hydrogen-bond donors (Lipinski definition) is 1. The summed E-state index contributed by atoms with van der Waals surface area (Å²) < 4.78 is 44.6. The molecule has 1 atom stereocenters. The molecule has 0 saturated carbocycles. The van der Waals surface area contributed by atoms with Gasteiger partial charge >= 0.3 is 6.18 Å². The highest BCUT2D eigenvalue weighted by Gasteiger charge is 2.32. The van der Waals surface area contributed by atoms with Crippen molar-refractivity contribution in [1.29, 1.82) is 0 Å². The number of nitrogens with zero attached hydrogens (tertiary/aromatic N) is 2. The molecule has 2 aliphatic rings. The highest BCUT2D eigenvalue weighted by Crippen LogP contribution is 2.31. The van der Waals surface area contributed by atoms with Crippen LogP contribution in [0.15, 0.2) is 24.3 Å². The van der Waals surface area contributed by atoms with Crippen LogP contribution in [0.1, 0.15) is 42.9 Å². The van der Waals surface area contributed by atoms with E-state index in [0.717, 1.165) is 12.1 Å². The highest BCUT2D eigenvalue weighted by atomic mass is 19.4. The van der Waals surface area contributed by atoms with Crippen molar-refractivity contribution < 1.29 is 32.3 Å². The van der Waals surface area contributed by atoms with Crippen molar-refractivity contribution in [3.63, 3.8) is 0 Å². The summed E-state index contributed by atoms with van der Waals surface area (Å²) in [4.78, 5) is 40.0. The lowest BCUT2D eigenvalue weighted by Crippen LogP contribution is -2.42. The van der Waals surface area contributed by atoms with Crippen molar-refractivity contribution in [3.8, 4) is 0 Å². The van der Waals surface area contributed by atoms with Crippen molar-refractivity contribution in [2.45, 2.75) is 37.9 Å². The van der Waals surface area contributed by atoms with Gasteiger partial charge in [0.25, 0.3) is 0 Å². The number of amides is 3. The van der Waals surface area contributed by atoms with E-state index in [1.807, 2.05) is 0 Å². The second-order valence-corrected chi connectivity index (χ2v) is 7.68. The van der Waals surface area contributed by atoms with E-state index < -0.39 is 23.7 Å². The molecule has 1 N–H and O–H groups in total. The number of carbonyl (C=O) groups is 3. The van der Waals surface area contributed by atoms with Crippen LogP contribution in [-0.4, -0.2) is 66.9 Å². The van der Waals surface area contributed by atoms with Gasteiger partial charge in [0.05, 0.1) is 24.8 Å². The quantitative estimate of drug-likeness (QED) is 0.703. The van der Waals surface area contributed by atoms with E-state index in [4.69, 9.17) is 4.74 Å². The number of morpholine rings is 1. The number of hydrogen-bond acceptors (Lipinski definition) is 4. The van der Waals surface area contributed by atoms with Crippen LogP contribution in [0.5, 0.6) is 0 Å². The molecule has 1 aromatic rings. The fraction of sp³-hybridized carbons (Fsp3) is 0.571. The number of alkyl halides is 3. The van der Waals surface area contributed by atoms with Crippen molar-refractivity contribution in [2.24, 2.45) is 0 Å². The molecule has 0 radical (unpaired) electrons. The van der Waals surface area contributed by atoms with Crippen molar-refractivity contribution in [2.75, 3.05) is 39.4 Å². The second-order valence-electron chi connectivity index (χ2n) is 7.68. The molecule has 0 aromatic heterocycles. The topological polar surface area (TPSA) is 79.0 Å². The molecule has 3 amide bonds. The van der Waals surface area contributed by atoms with Gasteiger partial charge in [-0.3, -0.25) is 14.4 Å². The Morgan fingerprint density at radius 3 is 2.52 bits per heavy atom. The monoisotopic (exact) mass is 441 g/mol. The predicted molar refractivity (Wildman–Crippen MR) is 105 cm³/mol. The number of benzene rings is 1. The van der Waals surface area contributed by atoms with E-state index in [9.17, 15) is 27.6 Å². The summed E-state index contributed by atoms with van der Waals surface area (Å²) in [6.45, 7) is 2.45. The standard InChI is InChI=1S/C21H26F3N3O4/c22-21(23,24)16-4-1-3-15(13-16)17(14-27-8-2-5-19(27)29)25-18(28)6-7-20(30)26-9-11-31-12-10-26/h1,3-4,13,17H,2,5-12,14H2,(H,25,28)/t17-/m0/s1. The van der Waals surface area contributed by atoms with E-state index in [-0.39, 0.29) is 36.8 Å². The lowest BCUT2D eigenvalue weighted by molar-refractivity contribution is -0.138. The third kappa shape index (κ3) is 6.43. The first-order valence-electron chi connectivity index (χ1n) is 10.3. The molecule has 0 unspecified atom stereocenters. The van der Waals surface area contributed by atoms with Gasteiger partial charge in [0.2, 0.25) is 17.7 Å². The molecule has 2 heterocycles. The fourth-order valence-corrected chi connectivity index (χ4v) is 3.74. The number of rotatable bonds is 7. The summed E-state index contributed by atoms with van der Waals surface area (Å²) in [6.07, 6.45) is -3.53. The normalized spacial score (nSPS) is 18.2. The number of ether oxygens (including phenoxy) is 1. The molecular weight excluding hydrogens is 415 g/mol. The van der Waals surface area contributed by atoms with Crippen LogP contribution in [0.2, 0.25) is 0 Å². The summed E-state index contributed by atoms with van der Waals surface area (Å²) >= 11 is 0. The zero-order valence-corrected chi connectivity index (χ0v) is 17.1. The molecule has 0 spiro atoms. The van der Waals surface area contributed by atoms with Crippen molar-refractivity contribution >= 4 is 17.7 Å². The van der Waals surface area contributed by atoms with Gasteiger partial charge in [0.1, 0.15) is 0 Å². The van der Waals surface area contributed by atoms with Crippen molar-refractivity contribution in [3.05, 3.63) is 35.4 Å². The Kier molecular flexibility index (Phi) is 7.53. The van der Waals surface area contributed by atoms with E-state index >= 15 is 0 Å². The molecule has 170 valence electrons. The van der Waals surface area contributed by atoms with Crippen LogP contribution in [0.4, 0.5) is 13.2 Å². The van der Waals surface area contributed by atoms with E-state index in [1.165, 1.54) is 12.1 Å². The van der Waals surface area contributed by atoms with Gasteiger partial charge in [-0.1, -0.05) is 12.1 Å². The molecule has 2 saturated heterocycles. The summed E-state index contributed by atoms with van der Waals surface area (Å²) in [5, 5.41) is 2.72. The van der Waals surface area contributed by atoms with E-state index in [2.05, 4.69) is 5.32 Å². The summed E-state index contributed by atoms with van der Waals surface area (Å²) in [5.41, 5.74) is -0.554. The molecule has 10 heteroatoms. The van der Waals surface area contributed by atoms with Crippen LogP contribution < -0.4 is 5.32 Å². The number of likely N-dealkylation sites (tertiary alicyclic amines) is 1. The number of halogens is 3. The third-order valence-electron chi connectivity index (χ3n) is 5.46. The van der Waals surface area contributed by atoms with Crippen LogP contribution >= 0.6 is 0 Å². The Hall–Kier alpha value is -2.62. The summed E-state index contributed by atoms with van der Waals surface area (Å²) in [5.74, 6) is -0.701. The fourth-order valence-electron chi connectivity index (χ4n) is 3.74. The highest BCUT2D eigenvalue weighted by molar-refractivity contribution is 5.84. The maximum absolute atomic E-state index is 13.1. The van der Waals surface area contributed by atoms with Gasteiger partial charge in [-0.25, -0.2) is 0 Å². The van der Waals surface area contributed by atoms with Crippen LogP contribution in [0, 0.1) is 0 Å². The zero-order chi connectivity index (χ0) is 22.4. The van der Waals surface area contributed by atoms with Gasteiger partial charge in [-0.15, -0.1) is 0 Å². The first kappa shape index (κ1) is 23.1. The SMILES string of the molecule is O=C(CCC(=O)N1CCOCC1)N[C@@H](CN1CCCC1=O)c1cccc(C(F)(F)F)c1. The molecule has 1 aromatic carbocycles. The van der Waals surface area contributed by atoms with E-state index in [0.29, 0.717) is 45.7 Å². The number of nitrogens with one attached hydrogen (secondary N) is 1. The van der Waals surface area contributed by atoms with Gasteiger partial charge in [0.15, 0.2) is 0 Å². The molecule has 0 bridgehead atoms.